The molecule has 2 fully saturated rings. The quantitative estimate of drug-likeness (QED) is 0.523. The Morgan fingerprint density at radius 3 is 2.92 bits per heavy atom. The van der Waals surface area contributed by atoms with Crippen molar-refractivity contribution < 1.29 is 9.18 Å². The molecule has 0 radical (unpaired) electrons. The molecule has 2 aliphatic heterocycles. The first-order valence-corrected chi connectivity index (χ1v) is 3.98. The van der Waals surface area contributed by atoms with Gasteiger partial charge in [-0.25, -0.2) is 4.39 Å². The van der Waals surface area contributed by atoms with E-state index in [4.69, 9.17) is 0 Å². The van der Waals surface area contributed by atoms with Gasteiger partial charge in [-0.1, -0.05) is 6.58 Å². The number of likely N-dealkylation sites (N-methyl/N-ethyl adjacent to an activating group) is 1. The molecule has 2 rings (SSSR count). The summed E-state index contributed by atoms with van der Waals surface area (Å²) in [6, 6.07) is -0.280. The summed E-state index contributed by atoms with van der Waals surface area (Å²) in [4.78, 5) is 14.6. The number of alkyl halides is 1. The van der Waals surface area contributed by atoms with Crippen molar-refractivity contribution in [2.75, 3.05) is 13.6 Å². The molecule has 66 valence electrons. The minimum Gasteiger partial charge on any atom is -0.343 e. The average molecular weight is 170 g/mol. The molecule has 2 atom stereocenters. The van der Waals surface area contributed by atoms with Gasteiger partial charge in [-0.05, 0) is 0 Å². The second-order valence-corrected chi connectivity index (χ2v) is 3.31. The topological polar surface area (TPSA) is 23.6 Å². The molecule has 2 heterocycles. The highest BCUT2D eigenvalue weighted by Crippen LogP contribution is 2.32. The minimum atomic E-state index is -0.871. The summed E-state index contributed by atoms with van der Waals surface area (Å²) in [6.07, 6.45) is -0.549. The van der Waals surface area contributed by atoms with Crippen molar-refractivity contribution in [3.05, 3.63) is 12.4 Å². The molecule has 0 saturated carbocycles. The zero-order valence-electron chi connectivity index (χ0n) is 6.96. The lowest BCUT2D eigenvalue weighted by Gasteiger charge is -2.16. The lowest BCUT2D eigenvalue weighted by molar-refractivity contribution is -0.127. The van der Waals surface area contributed by atoms with Crippen molar-refractivity contribution in [1.82, 2.24) is 9.80 Å². The van der Waals surface area contributed by atoms with Crippen LogP contribution in [-0.2, 0) is 4.79 Å². The van der Waals surface area contributed by atoms with Crippen molar-refractivity contribution in [2.24, 2.45) is 0 Å². The van der Waals surface area contributed by atoms with Gasteiger partial charge in [0.25, 0.3) is 5.91 Å². The van der Waals surface area contributed by atoms with Gasteiger partial charge in [0.05, 0.1) is 6.54 Å². The fourth-order valence-corrected chi connectivity index (χ4v) is 1.85. The monoisotopic (exact) mass is 170 g/mol. The summed E-state index contributed by atoms with van der Waals surface area (Å²) in [6.45, 7) is 4.05. The van der Waals surface area contributed by atoms with Gasteiger partial charge in [0.15, 0.2) is 0 Å². The third kappa shape index (κ3) is 0.777. The van der Waals surface area contributed by atoms with Crippen LogP contribution < -0.4 is 0 Å². The van der Waals surface area contributed by atoms with Crippen molar-refractivity contribution in [2.45, 2.75) is 18.6 Å². The Kier molecular flexibility index (Phi) is 1.40. The smallest absolute Gasteiger partial charge is 0.250 e. The van der Waals surface area contributed by atoms with Crippen LogP contribution in [0.4, 0.5) is 4.39 Å². The average Bonchev–Trinajstić information content (AvgIpc) is 2.49. The fraction of sp³-hybridized carbons (Fsp3) is 0.625. The maximum atomic E-state index is 12.9. The SMILES string of the molecule is C=C1N(C)C(=O)[C@H]2C[C@H](F)CN12. The van der Waals surface area contributed by atoms with Gasteiger partial charge in [0.1, 0.15) is 18.0 Å². The molecule has 0 aromatic carbocycles. The molecule has 0 unspecified atom stereocenters. The van der Waals surface area contributed by atoms with Gasteiger partial charge >= 0.3 is 0 Å². The largest absolute Gasteiger partial charge is 0.343 e. The molecule has 0 bridgehead atoms. The van der Waals surface area contributed by atoms with E-state index in [1.807, 2.05) is 0 Å². The molecule has 0 aromatic rings. The molecule has 3 nitrogen and oxygen atoms in total. The van der Waals surface area contributed by atoms with E-state index in [1.54, 1.807) is 11.9 Å². The predicted octanol–water partition coefficient (Wildman–Crippen LogP) is 0.342. The predicted molar refractivity (Wildman–Crippen MR) is 41.9 cm³/mol. The van der Waals surface area contributed by atoms with Crippen LogP contribution in [0.2, 0.25) is 0 Å². The van der Waals surface area contributed by atoms with Crippen LogP contribution in [0.5, 0.6) is 0 Å². The molecule has 0 aromatic heterocycles. The Balaban J connectivity index is 2.27. The van der Waals surface area contributed by atoms with Gasteiger partial charge in [-0.3, -0.25) is 4.79 Å². The van der Waals surface area contributed by atoms with Gasteiger partial charge in [0, 0.05) is 13.5 Å². The summed E-state index contributed by atoms with van der Waals surface area (Å²) >= 11 is 0. The molecule has 1 amide bonds. The second kappa shape index (κ2) is 2.21. The van der Waals surface area contributed by atoms with E-state index in [1.165, 1.54) is 4.90 Å². The fourth-order valence-electron chi connectivity index (χ4n) is 1.85. The number of halogens is 1. The number of rotatable bonds is 0. The summed E-state index contributed by atoms with van der Waals surface area (Å²) < 4.78 is 12.9. The number of hydrogen-bond acceptors (Lipinski definition) is 2. The number of amides is 1. The van der Waals surface area contributed by atoms with Crippen LogP contribution in [0.1, 0.15) is 6.42 Å². The highest BCUT2D eigenvalue weighted by atomic mass is 19.1. The van der Waals surface area contributed by atoms with Gasteiger partial charge in [-0.15, -0.1) is 0 Å². The van der Waals surface area contributed by atoms with Crippen molar-refractivity contribution in [3.8, 4) is 0 Å². The summed E-state index contributed by atoms with van der Waals surface area (Å²) in [5.41, 5.74) is 0. The highest BCUT2D eigenvalue weighted by Gasteiger charge is 2.45. The van der Waals surface area contributed by atoms with Gasteiger partial charge < -0.3 is 9.80 Å². The van der Waals surface area contributed by atoms with Crippen LogP contribution in [-0.4, -0.2) is 41.5 Å². The maximum absolute atomic E-state index is 12.9. The Labute approximate surface area is 70.4 Å². The first-order chi connectivity index (χ1) is 5.61. The van der Waals surface area contributed by atoms with E-state index in [0.717, 1.165) is 0 Å². The Morgan fingerprint density at radius 2 is 2.33 bits per heavy atom. The van der Waals surface area contributed by atoms with E-state index in [2.05, 4.69) is 6.58 Å². The number of carbonyl (C=O) groups is 1. The van der Waals surface area contributed by atoms with Crippen LogP contribution >= 0.6 is 0 Å². The molecular formula is C8H11FN2O. The lowest BCUT2D eigenvalue weighted by Crippen LogP contribution is -2.26. The van der Waals surface area contributed by atoms with E-state index in [9.17, 15) is 9.18 Å². The summed E-state index contributed by atoms with van der Waals surface area (Å²) in [7, 11) is 1.68. The normalized spacial score (nSPS) is 34.8. The van der Waals surface area contributed by atoms with E-state index in [-0.39, 0.29) is 11.9 Å². The Morgan fingerprint density at radius 1 is 1.67 bits per heavy atom. The van der Waals surface area contributed by atoms with Crippen LogP contribution in [0.25, 0.3) is 0 Å². The lowest BCUT2D eigenvalue weighted by atomic mass is 10.2. The van der Waals surface area contributed by atoms with E-state index < -0.39 is 6.17 Å². The Hall–Kier alpha value is -1.06. The van der Waals surface area contributed by atoms with Crippen molar-refractivity contribution >= 4 is 5.91 Å². The Bertz CT molecular complexity index is 229. The molecule has 12 heavy (non-hydrogen) atoms. The van der Waals surface area contributed by atoms with Crippen molar-refractivity contribution in [3.63, 3.8) is 0 Å². The first kappa shape index (κ1) is 7.58. The number of fused-ring (bicyclic) bond motifs is 1. The molecule has 2 saturated heterocycles. The van der Waals surface area contributed by atoms with Crippen molar-refractivity contribution in [1.29, 1.82) is 0 Å². The molecule has 4 heteroatoms. The molecule has 2 aliphatic rings. The zero-order valence-corrected chi connectivity index (χ0v) is 6.96. The first-order valence-electron chi connectivity index (χ1n) is 3.98. The van der Waals surface area contributed by atoms with Crippen LogP contribution in [0.3, 0.4) is 0 Å². The number of nitrogens with zero attached hydrogens (tertiary/aromatic N) is 2. The molecule has 0 spiro atoms. The van der Waals surface area contributed by atoms with Gasteiger partial charge in [0.2, 0.25) is 0 Å². The standard InChI is InChI=1S/C8H11FN2O/c1-5-10(2)8(12)7-3-6(9)4-11(5)7/h6-7H,1,3-4H2,2H3/t6-,7+/m0/s1. The molecular weight excluding hydrogens is 159 g/mol. The second-order valence-electron chi connectivity index (χ2n) is 3.31. The zero-order chi connectivity index (χ0) is 8.88. The number of hydrogen-bond donors (Lipinski definition) is 0. The molecule has 0 aliphatic carbocycles. The summed E-state index contributed by atoms with van der Waals surface area (Å²) in [5, 5.41) is 0. The third-order valence-electron chi connectivity index (χ3n) is 2.58. The number of carbonyl (C=O) groups excluding carboxylic acids is 1. The highest BCUT2D eigenvalue weighted by molar-refractivity contribution is 5.86. The van der Waals surface area contributed by atoms with Gasteiger partial charge in [-0.2, -0.15) is 0 Å². The third-order valence-corrected chi connectivity index (χ3v) is 2.58. The van der Waals surface area contributed by atoms with Crippen LogP contribution in [0.15, 0.2) is 12.4 Å². The van der Waals surface area contributed by atoms with Crippen LogP contribution in [0, 0.1) is 0 Å². The van der Waals surface area contributed by atoms with E-state index in [0.29, 0.717) is 18.8 Å². The minimum absolute atomic E-state index is 0.0276. The maximum Gasteiger partial charge on any atom is 0.250 e. The molecule has 0 N–H and O–H groups in total. The van der Waals surface area contributed by atoms with E-state index >= 15 is 0 Å². The summed E-state index contributed by atoms with van der Waals surface area (Å²) in [5.74, 6) is 0.602.